The fraction of sp³-hybridized carbons (Fsp3) is 0.647. The first kappa shape index (κ1) is 18.2. The molecular formula is C17H26ClIO. The summed E-state index contributed by atoms with van der Waals surface area (Å²) in [6, 6.07) is 5.83. The zero-order chi connectivity index (χ0) is 14.8. The molecular weight excluding hydrogens is 383 g/mol. The van der Waals surface area contributed by atoms with Gasteiger partial charge in [-0.2, -0.15) is 0 Å². The molecule has 3 heteroatoms. The summed E-state index contributed by atoms with van der Waals surface area (Å²) in [4.78, 5) is 0. The number of rotatable bonds is 10. The normalized spacial score (nSPS) is 12.6. The van der Waals surface area contributed by atoms with E-state index in [4.69, 9.17) is 11.6 Å². The quantitative estimate of drug-likeness (QED) is 0.345. The highest BCUT2D eigenvalue weighted by Gasteiger charge is 2.08. The van der Waals surface area contributed by atoms with Gasteiger partial charge in [0.25, 0.3) is 0 Å². The van der Waals surface area contributed by atoms with Crippen LogP contribution in [0.3, 0.4) is 0 Å². The summed E-state index contributed by atoms with van der Waals surface area (Å²) in [5.41, 5.74) is 0.943. The van der Waals surface area contributed by atoms with Crippen LogP contribution in [-0.2, 0) is 0 Å². The monoisotopic (exact) mass is 408 g/mol. The maximum absolute atomic E-state index is 10.1. The van der Waals surface area contributed by atoms with E-state index in [0.717, 1.165) is 27.0 Å². The van der Waals surface area contributed by atoms with Crippen LogP contribution in [0.1, 0.15) is 76.4 Å². The van der Waals surface area contributed by atoms with Crippen molar-refractivity contribution < 1.29 is 5.11 Å². The first-order valence-corrected chi connectivity index (χ1v) is 9.23. The van der Waals surface area contributed by atoms with Crippen LogP contribution in [0.4, 0.5) is 0 Å². The Morgan fingerprint density at radius 1 is 1.05 bits per heavy atom. The number of hydrogen-bond donors (Lipinski definition) is 1. The van der Waals surface area contributed by atoms with Crippen LogP contribution >= 0.6 is 34.2 Å². The van der Waals surface area contributed by atoms with Gasteiger partial charge in [0.1, 0.15) is 0 Å². The number of hydrogen-bond acceptors (Lipinski definition) is 1. The molecule has 0 aliphatic rings. The van der Waals surface area contributed by atoms with E-state index in [1.54, 1.807) is 0 Å². The van der Waals surface area contributed by atoms with Crippen molar-refractivity contribution in [3.05, 3.63) is 32.4 Å². The Labute approximate surface area is 142 Å². The molecule has 114 valence electrons. The molecule has 0 spiro atoms. The van der Waals surface area contributed by atoms with Gasteiger partial charge in [-0.1, -0.05) is 76.0 Å². The van der Waals surface area contributed by atoms with E-state index in [1.165, 1.54) is 44.9 Å². The molecule has 1 N–H and O–H groups in total. The van der Waals surface area contributed by atoms with Crippen LogP contribution < -0.4 is 0 Å². The molecule has 1 aromatic carbocycles. The molecule has 0 aliphatic carbocycles. The van der Waals surface area contributed by atoms with Gasteiger partial charge in [-0.15, -0.1) is 0 Å². The summed E-state index contributed by atoms with van der Waals surface area (Å²) < 4.78 is 1.03. The molecule has 0 radical (unpaired) electrons. The van der Waals surface area contributed by atoms with Crippen LogP contribution in [-0.4, -0.2) is 5.11 Å². The van der Waals surface area contributed by atoms with E-state index in [9.17, 15) is 5.11 Å². The number of benzene rings is 1. The average molecular weight is 409 g/mol. The topological polar surface area (TPSA) is 20.2 Å². The molecule has 0 aliphatic heterocycles. The number of aliphatic hydroxyl groups is 1. The van der Waals surface area contributed by atoms with Crippen LogP contribution in [0.25, 0.3) is 0 Å². The maximum atomic E-state index is 10.1. The van der Waals surface area contributed by atoms with Crippen LogP contribution in [0.2, 0.25) is 5.02 Å². The molecule has 0 saturated heterocycles. The fourth-order valence-electron chi connectivity index (χ4n) is 2.36. The zero-order valence-corrected chi connectivity index (χ0v) is 15.3. The van der Waals surface area contributed by atoms with Crippen molar-refractivity contribution in [3.8, 4) is 0 Å². The van der Waals surface area contributed by atoms with Gasteiger partial charge in [0.15, 0.2) is 0 Å². The van der Waals surface area contributed by atoms with Crippen molar-refractivity contribution >= 4 is 34.2 Å². The molecule has 1 nitrogen and oxygen atoms in total. The van der Waals surface area contributed by atoms with E-state index in [2.05, 4.69) is 29.5 Å². The smallest absolute Gasteiger partial charge is 0.0790 e. The summed E-state index contributed by atoms with van der Waals surface area (Å²) in [6.45, 7) is 2.25. The third-order valence-electron chi connectivity index (χ3n) is 3.66. The van der Waals surface area contributed by atoms with E-state index in [1.807, 2.05) is 18.2 Å². The molecule has 1 atom stereocenters. The molecule has 1 rings (SSSR count). The van der Waals surface area contributed by atoms with Gasteiger partial charge in [-0.05, 0) is 46.7 Å². The average Bonchev–Trinajstić information content (AvgIpc) is 2.44. The molecule has 0 bridgehead atoms. The summed E-state index contributed by atoms with van der Waals surface area (Å²) in [5, 5.41) is 10.9. The molecule has 0 aromatic heterocycles. The fourth-order valence-corrected chi connectivity index (χ4v) is 2.88. The largest absolute Gasteiger partial charge is 0.388 e. The van der Waals surface area contributed by atoms with Crippen molar-refractivity contribution in [3.63, 3.8) is 0 Å². The van der Waals surface area contributed by atoms with Gasteiger partial charge >= 0.3 is 0 Å². The third kappa shape index (κ3) is 7.28. The predicted molar refractivity (Wildman–Crippen MR) is 96.4 cm³/mol. The highest BCUT2D eigenvalue weighted by atomic mass is 127. The van der Waals surface area contributed by atoms with Gasteiger partial charge in [0.2, 0.25) is 0 Å². The SMILES string of the molecule is CCCCCCCCCCC(O)c1ccc(I)c(Cl)c1. The number of unbranched alkanes of at least 4 members (excludes halogenated alkanes) is 7. The van der Waals surface area contributed by atoms with Crippen molar-refractivity contribution in [2.75, 3.05) is 0 Å². The van der Waals surface area contributed by atoms with E-state index >= 15 is 0 Å². The number of aliphatic hydroxyl groups excluding tert-OH is 1. The van der Waals surface area contributed by atoms with E-state index < -0.39 is 0 Å². The predicted octanol–water partition coefficient (Wildman–Crippen LogP) is 6.51. The summed E-state index contributed by atoms with van der Waals surface area (Å²) in [7, 11) is 0. The van der Waals surface area contributed by atoms with Gasteiger partial charge in [0.05, 0.1) is 11.1 Å². The van der Waals surface area contributed by atoms with Crippen LogP contribution in [0, 0.1) is 3.57 Å². The first-order valence-electron chi connectivity index (χ1n) is 7.78. The highest BCUT2D eigenvalue weighted by molar-refractivity contribution is 14.1. The summed E-state index contributed by atoms with van der Waals surface area (Å²) >= 11 is 8.29. The molecule has 0 saturated carbocycles. The molecule has 0 heterocycles. The number of halogens is 2. The van der Waals surface area contributed by atoms with Gasteiger partial charge in [0, 0.05) is 3.57 Å². The van der Waals surface area contributed by atoms with Crippen LogP contribution in [0.5, 0.6) is 0 Å². The van der Waals surface area contributed by atoms with E-state index in [0.29, 0.717) is 0 Å². The lowest BCUT2D eigenvalue weighted by Crippen LogP contribution is -1.98. The minimum Gasteiger partial charge on any atom is -0.388 e. The first-order chi connectivity index (χ1) is 9.65. The van der Waals surface area contributed by atoms with Crippen molar-refractivity contribution in [1.29, 1.82) is 0 Å². The standard InChI is InChI=1S/C17H26ClIO/c1-2-3-4-5-6-7-8-9-10-17(20)14-11-12-16(19)15(18)13-14/h11-13,17,20H,2-10H2,1H3. The lowest BCUT2D eigenvalue weighted by molar-refractivity contribution is 0.163. The summed E-state index contributed by atoms with van der Waals surface area (Å²) in [6.07, 6.45) is 10.8. The Kier molecular flexibility index (Phi) is 9.91. The molecule has 1 unspecified atom stereocenters. The summed E-state index contributed by atoms with van der Waals surface area (Å²) in [5.74, 6) is 0. The van der Waals surface area contributed by atoms with Gasteiger partial charge < -0.3 is 5.11 Å². The lowest BCUT2D eigenvalue weighted by Gasteiger charge is -2.11. The molecule has 0 amide bonds. The van der Waals surface area contributed by atoms with Crippen molar-refractivity contribution in [2.24, 2.45) is 0 Å². The molecule has 0 fully saturated rings. The Hall–Kier alpha value is 0.200. The van der Waals surface area contributed by atoms with Crippen molar-refractivity contribution in [1.82, 2.24) is 0 Å². The second kappa shape index (κ2) is 10.9. The van der Waals surface area contributed by atoms with Gasteiger partial charge in [-0.3, -0.25) is 0 Å². The maximum Gasteiger partial charge on any atom is 0.0790 e. The zero-order valence-electron chi connectivity index (χ0n) is 12.4. The Balaban J connectivity index is 2.13. The Morgan fingerprint density at radius 3 is 2.25 bits per heavy atom. The highest BCUT2D eigenvalue weighted by Crippen LogP contribution is 2.26. The van der Waals surface area contributed by atoms with Crippen molar-refractivity contribution in [2.45, 2.75) is 70.8 Å². The third-order valence-corrected chi connectivity index (χ3v) is 5.23. The lowest BCUT2D eigenvalue weighted by atomic mass is 10.0. The second-order valence-electron chi connectivity index (χ2n) is 5.45. The minimum absolute atomic E-state index is 0.371. The second-order valence-corrected chi connectivity index (χ2v) is 7.02. The Morgan fingerprint density at radius 2 is 1.65 bits per heavy atom. The minimum atomic E-state index is -0.371. The van der Waals surface area contributed by atoms with E-state index in [-0.39, 0.29) is 6.10 Å². The molecule has 1 aromatic rings. The Bertz CT molecular complexity index is 381. The van der Waals surface area contributed by atoms with Gasteiger partial charge in [-0.25, -0.2) is 0 Å². The van der Waals surface area contributed by atoms with Crippen LogP contribution in [0.15, 0.2) is 18.2 Å². The molecule has 20 heavy (non-hydrogen) atoms.